The van der Waals surface area contributed by atoms with Gasteiger partial charge in [-0.3, -0.25) is 4.79 Å². The third-order valence-corrected chi connectivity index (χ3v) is 8.16. The molecule has 1 N–H and O–H groups in total. The van der Waals surface area contributed by atoms with E-state index >= 15 is 0 Å². The molecule has 1 amide bonds. The summed E-state index contributed by atoms with van der Waals surface area (Å²) in [6.07, 6.45) is 0. The van der Waals surface area contributed by atoms with Gasteiger partial charge in [0, 0.05) is 7.05 Å². The van der Waals surface area contributed by atoms with E-state index in [1.165, 1.54) is 0 Å². The molecule has 2 aromatic heterocycles. The van der Waals surface area contributed by atoms with Gasteiger partial charge in [-0.1, -0.05) is 40.8 Å². The first-order chi connectivity index (χ1) is 15.6. The number of hydrogen-bond acceptors (Lipinski definition) is 10. The lowest BCUT2D eigenvalue weighted by atomic mass is 10.2. The van der Waals surface area contributed by atoms with Gasteiger partial charge in [0.05, 0.1) is 22.9 Å². The Morgan fingerprint density at radius 2 is 1.88 bits per heavy atom. The molecule has 0 saturated carbocycles. The van der Waals surface area contributed by atoms with Crippen molar-refractivity contribution in [3.05, 3.63) is 46.2 Å². The van der Waals surface area contributed by atoms with Gasteiger partial charge in [-0.05, 0) is 32.9 Å². The number of rotatable bonds is 9. The molecule has 3 aromatic rings. The average Bonchev–Trinajstić information content (AvgIpc) is 3.29. The number of aryl methyl sites for hydroxylation is 2. The van der Waals surface area contributed by atoms with Gasteiger partial charge in [0.1, 0.15) is 16.5 Å². The minimum absolute atomic E-state index is 0.00402. The van der Waals surface area contributed by atoms with E-state index in [2.05, 4.69) is 20.5 Å². The minimum atomic E-state index is -3.58. The molecule has 0 aliphatic carbocycles. The first kappa shape index (κ1) is 24.9. The first-order valence-electron chi connectivity index (χ1n) is 9.85. The number of anilines is 1. The second-order valence-electron chi connectivity index (χ2n) is 7.02. The van der Waals surface area contributed by atoms with Crippen molar-refractivity contribution in [2.45, 2.75) is 36.6 Å². The van der Waals surface area contributed by atoms with Crippen molar-refractivity contribution >= 4 is 49.9 Å². The van der Waals surface area contributed by atoms with Crippen molar-refractivity contribution < 1.29 is 22.7 Å². The van der Waals surface area contributed by atoms with Crippen LogP contribution in [0.2, 0.25) is 0 Å². The summed E-state index contributed by atoms with van der Waals surface area (Å²) >= 11 is 2.16. The van der Waals surface area contributed by atoms with E-state index in [1.807, 2.05) is 6.92 Å². The molecule has 0 atom stereocenters. The minimum Gasteiger partial charge on any atom is -0.462 e. The van der Waals surface area contributed by atoms with Crippen LogP contribution < -0.4 is 5.32 Å². The molecule has 13 heteroatoms. The highest BCUT2D eigenvalue weighted by Gasteiger charge is 2.21. The molecule has 0 bridgehead atoms. The first-order valence-corrected chi connectivity index (χ1v) is 13.3. The fourth-order valence-electron chi connectivity index (χ4n) is 2.72. The lowest BCUT2D eigenvalue weighted by molar-refractivity contribution is -0.113. The van der Waals surface area contributed by atoms with Crippen molar-refractivity contribution in [2.24, 2.45) is 7.05 Å². The zero-order chi connectivity index (χ0) is 24.2. The van der Waals surface area contributed by atoms with Crippen molar-refractivity contribution in [1.29, 1.82) is 0 Å². The zero-order valence-electron chi connectivity index (χ0n) is 18.5. The maximum absolute atomic E-state index is 12.7. The third kappa shape index (κ3) is 6.18. The number of carbonyl (C=O) groups excluding carboxylic acids is 2. The topological polar surface area (TPSA) is 133 Å². The maximum atomic E-state index is 12.7. The highest BCUT2D eigenvalue weighted by Crippen LogP contribution is 2.24. The molecule has 0 aliphatic heterocycles. The van der Waals surface area contributed by atoms with Crippen LogP contribution in [0.25, 0.3) is 0 Å². The standard InChI is InChI=1S/C20H23N5O5S3/c1-5-30-18(27)17-13(3)21-19(32-17)22-16(26)10-31-20-24-23-15(25(20)4)11-33(28,29)14-8-6-12(2)7-9-14/h6-9H,5,10-11H2,1-4H3,(H,21,22,26). The Morgan fingerprint density at radius 3 is 2.55 bits per heavy atom. The lowest BCUT2D eigenvalue weighted by Gasteiger charge is -2.06. The van der Waals surface area contributed by atoms with E-state index in [0.29, 0.717) is 20.9 Å². The predicted molar refractivity (Wildman–Crippen MR) is 125 cm³/mol. The number of thiazole rings is 1. The molecule has 10 nitrogen and oxygen atoms in total. The number of hydrogen-bond donors (Lipinski definition) is 1. The molecule has 176 valence electrons. The van der Waals surface area contributed by atoms with Gasteiger partial charge in [-0.15, -0.1) is 10.2 Å². The van der Waals surface area contributed by atoms with Crippen LogP contribution >= 0.6 is 23.1 Å². The number of amides is 1. The normalized spacial score (nSPS) is 11.4. The van der Waals surface area contributed by atoms with Gasteiger partial charge in [-0.2, -0.15) is 0 Å². The van der Waals surface area contributed by atoms with Crippen molar-refractivity contribution in [3.63, 3.8) is 0 Å². The molecule has 0 saturated heterocycles. The lowest BCUT2D eigenvalue weighted by Crippen LogP contribution is -2.14. The molecular weight excluding hydrogens is 486 g/mol. The van der Waals surface area contributed by atoms with Crippen molar-refractivity contribution in [3.8, 4) is 0 Å². The SMILES string of the molecule is CCOC(=O)c1sc(NC(=O)CSc2nnc(CS(=O)(=O)c3ccc(C)cc3)n2C)nc1C. The van der Waals surface area contributed by atoms with E-state index in [1.54, 1.807) is 49.7 Å². The molecule has 1 aromatic carbocycles. The van der Waals surface area contributed by atoms with Crippen molar-refractivity contribution in [2.75, 3.05) is 17.7 Å². The Hall–Kier alpha value is -2.77. The molecule has 33 heavy (non-hydrogen) atoms. The van der Waals surface area contributed by atoms with Crippen LogP contribution in [-0.4, -0.2) is 52.4 Å². The van der Waals surface area contributed by atoms with Gasteiger partial charge < -0.3 is 14.6 Å². The second kappa shape index (κ2) is 10.4. The number of sulfone groups is 1. The summed E-state index contributed by atoms with van der Waals surface area (Å²) in [7, 11) is -1.93. The largest absolute Gasteiger partial charge is 0.462 e. The second-order valence-corrected chi connectivity index (χ2v) is 11.0. The molecule has 0 unspecified atom stereocenters. The van der Waals surface area contributed by atoms with E-state index in [0.717, 1.165) is 28.7 Å². The number of thioether (sulfide) groups is 1. The highest BCUT2D eigenvalue weighted by molar-refractivity contribution is 7.99. The molecule has 3 rings (SSSR count). The summed E-state index contributed by atoms with van der Waals surface area (Å²) in [6.45, 7) is 5.51. The quantitative estimate of drug-likeness (QED) is 0.341. The summed E-state index contributed by atoms with van der Waals surface area (Å²) in [5, 5.41) is 11.3. The number of carbonyl (C=O) groups is 2. The molecular formula is C20H23N5O5S3. The molecule has 0 spiro atoms. The number of ether oxygens (including phenoxy) is 1. The number of esters is 1. The van der Waals surface area contributed by atoms with E-state index < -0.39 is 15.8 Å². The Kier molecular flexibility index (Phi) is 7.87. The summed E-state index contributed by atoms with van der Waals surface area (Å²) < 4.78 is 31.9. The number of nitrogens with one attached hydrogen (secondary N) is 1. The van der Waals surface area contributed by atoms with Crippen LogP contribution in [0.15, 0.2) is 34.3 Å². The van der Waals surface area contributed by atoms with Gasteiger partial charge in [0.15, 0.2) is 20.1 Å². The van der Waals surface area contributed by atoms with Crippen molar-refractivity contribution in [1.82, 2.24) is 19.7 Å². The number of aromatic nitrogens is 4. The third-order valence-electron chi connectivity index (χ3n) is 4.46. The van der Waals surface area contributed by atoms with E-state index in [4.69, 9.17) is 4.74 Å². The molecule has 0 aliphatic rings. The van der Waals surface area contributed by atoms with Gasteiger partial charge in [0.25, 0.3) is 0 Å². The zero-order valence-corrected chi connectivity index (χ0v) is 20.9. The fraction of sp³-hybridized carbons (Fsp3) is 0.350. The smallest absolute Gasteiger partial charge is 0.350 e. The number of benzene rings is 1. The summed E-state index contributed by atoms with van der Waals surface area (Å²) in [5.41, 5.74) is 1.45. The van der Waals surface area contributed by atoms with E-state index in [9.17, 15) is 18.0 Å². The summed E-state index contributed by atoms with van der Waals surface area (Å²) in [5.74, 6) is -0.852. The molecule has 0 fully saturated rings. The van der Waals surface area contributed by atoms with Crippen LogP contribution in [0.1, 0.15) is 33.7 Å². The Labute approximate surface area is 199 Å². The molecule has 0 radical (unpaired) electrons. The summed E-state index contributed by atoms with van der Waals surface area (Å²) in [6, 6.07) is 6.61. The van der Waals surface area contributed by atoms with Crippen LogP contribution in [0.5, 0.6) is 0 Å². The predicted octanol–water partition coefficient (Wildman–Crippen LogP) is 2.77. The Morgan fingerprint density at radius 1 is 1.18 bits per heavy atom. The highest BCUT2D eigenvalue weighted by atomic mass is 32.2. The van der Waals surface area contributed by atoms with Gasteiger partial charge in [-0.25, -0.2) is 18.2 Å². The molecule has 2 heterocycles. The van der Waals surface area contributed by atoms with E-state index in [-0.39, 0.29) is 34.7 Å². The van der Waals surface area contributed by atoms with Crippen LogP contribution in [0.3, 0.4) is 0 Å². The van der Waals surface area contributed by atoms with Gasteiger partial charge >= 0.3 is 5.97 Å². The van der Waals surface area contributed by atoms with Crippen LogP contribution in [0, 0.1) is 13.8 Å². The van der Waals surface area contributed by atoms with Gasteiger partial charge in [0.2, 0.25) is 5.91 Å². The summed E-state index contributed by atoms with van der Waals surface area (Å²) in [4.78, 5) is 29.0. The maximum Gasteiger partial charge on any atom is 0.350 e. The Bertz CT molecular complexity index is 1270. The average molecular weight is 510 g/mol. The fourth-order valence-corrected chi connectivity index (χ4v) is 5.63. The monoisotopic (exact) mass is 509 g/mol. The Balaban J connectivity index is 1.60. The van der Waals surface area contributed by atoms with Crippen LogP contribution in [-0.2, 0) is 32.2 Å². The van der Waals surface area contributed by atoms with Crippen LogP contribution in [0.4, 0.5) is 5.13 Å². The number of nitrogens with zero attached hydrogens (tertiary/aromatic N) is 4.